The van der Waals surface area contributed by atoms with Crippen molar-refractivity contribution in [2.75, 3.05) is 0 Å². The lowest BCUT2D eigenvalue weighted by atomic mass is 9.62. The van der Waals surface area contributed by atoms with Crippen LogP contribution in [0, 0.1) is 12.3 Å². The highest BCUT2D eigenvalue weighted by Gasteiger charge is 2.37. The Bertz CT molecular complexity index is 554. The number of benzene rings is 1. The monoisotopic (exact) mass is 296 g/mol. The van der Waals surface area contributed by atoms with Crippen LogP contribution >= 0.6 is 0 Å². The van der Waals surface area contributed by atoms with E-state index in [0.717, 1.165) is 6.42 Å². The van der Waals surface area contributed by atoms with Crippen molar-refractivity contribution in [2.24, 2.45) is 0 Å². The number of rotatable bonds is 5. The zero-order valence-electron chi connectivity index (χ0n) is 15.1. The lowest BCUT2D eigenvalue weighted by Crippen LogP contribution is -2.34. The van der Waals surface area contributed by atoms with Gasteiger partial charge in [0.2, 0.25) is 0 Å². The van der Waals surface area contributed by atoms with Crippen LogP contribution in [0.2, 0.25) is 0 Å². The number of unbranched alkanes of at least 4 members (excludes halogenated alkanes) is 2. The van der Waals surface area contributed by atoms with Gasteiger partial charge in [-0.3, -0.25) is 0 Å². The molecule has 1 aliphatic rings. The smallest absolute Gasteiger partial charge is 0.0449 e. The van der Waals surface area contributed by atoms with Gasteiger partial charge in [0.15, 0.2) is 0 Å². The molecule has 0 saturated heterocycles. The fourth-order valence-corrected chi connectivity index (χ4v) is 3.77. The minimum absolute atomic E-state index is 0.267. The summed E-state index contributed by atoms with van der Waals surface area (Å²) in [5, 5.41) is 0. The van der Waals surface area contributed by atoms with Crippen LogP contribution in [0.25, 0.3) is 0 Å². The summed E-state index contributed by atoms with van der Waals surface area (Å²) < 4.78 is 0. The minimum Gasteiger partial charge on any atom is -0.119 e. The van der Waals surface area contributed by atoms with Crippen LogP contribution in [0.1, 0.15) is 95.8 Å². The zero-order valence-corrected chi connectivity index (χ0v) is 15.1. The summed E-state index contributed by atoms with van der Waals surface area (Å²) in [6, 6.07) is 7.07. The SMILES string of the molecule is C#C[C@H](CCCCC)c1ccc2c(c1)C(C)(C)CCC2(C)C. The molecule has 0 radical (unpaired) electrons. The maximum Gasteiger partial charge on any atom is 0.0449 e. The van der Waals surface area contributed by atoms with Gasteiger partial charge in [-0.1, -0.05) is 78.0 Å². The minimum atomic E-state index is 0.267. The van der Waals surface area contributed by atoms with E-state index in [0.29, 0.717) is 0 Å². The summed E-state index contributed by atoms with van der Waals surface area (Å²) in [4.78, 5) is 0. The predicted molar refractivity (Wildman–Crippen MR) is 97.4 cm³/mol. The molecular formula is C22H32. The molecule has 0 heteroatoms. The van der Waals surface area contributed by atoms with Crippen LogP contribution < -0.4 is 0 Å². The van der Waals surface area contributed by atoms with E-state index in [1.807, 2.05) is 0 Å². The van der Waals surface area contributed by atoms with E-state index in [9.17, 15) is 0 Å². The average Bonchev–Trinajstić information content (AvgIpc) is 2.48. The summed E-state index contributed by atoms with van der Waals surface area (Å²) in [5.41, 5.74) is 4.96. The molecule has 0 unspecified atom stereocenters. The first-order valence-electron chi connectivity index (χ1n) is 8.93. The van der Waals surface area contributed by atoms with Crippen LogP contribution in [0.4, 0.5) is 0 Å². The van der Waals surface area contributed by atoms with Crippen LogP contribution in [-0.2, 0) is 10.8 Å². The molecule has 2 rings (SSSR count). The Morgan fingerprint density at radius 2 is 1.68 bits per heavy atom. The van der Waals surface area contributed by atoms with E-state index in [-0.39, 0.29) is 16.7 Å². The van der Waals surface area contributed by atoms with E-state index in [4.69, 9.17) is 6.42 Å². The van der Waals surface area contributed by atoms with Crippen molar-refractivity contribution < 1.29 is 0 Å². The van der Waals surface area contributed by atoms with Crippen LogP contribution in [-0.4, -0.2) is 0 Å². The Kier molecular flexibility index (Phi) is 5.06. The molecule has 0 N–H and O–H groups in total. The Labute approximate surface area is 137 Å². The lowest BCUT2D eigenvalue weighted by Gasteiger charge is -2.42. The molecule has 0 fully saturated rings. The Balaban J connectivity index is 2.35. The number of hydrogen-bond donors (Lipinski definition) is 0. The molecule has 0 nitrogen and oxygen atoms in total. The molecule has 1 aromatic rings. The molecule has 0 amide bonds. The van der Waals surface area contributed by atoms with Gasteiger partial charge in [-0.2, -0.15) is 0 Å². The highest BCUT2D eigenvalue weighted by atomic mass is 14.4. The molecule has 1 aromatic carbocycles. The van der Waals surface area contributed by atoms with Gasteiger partial charge >= 0.3 is 0 Å². The third-order valence-electron chi connectivity index (χ3n) is 5.58. The fraction of sp³-hybridized carbons (Fsp3) is 0.636. The van der Waals surface area contributed by atoms with Gasteiger partial charge in [0.05, 0.1) is 0 Å². The fourth-order valence-electron chi connectivity index (χ4n) is 3.77. The van der Waals surface area contributed by atoms with Gasteiger partial charge in [0, 0.05) is 5.92 Å². The third kappa shape index (κ3) is 3.40. The van der Waals surface area contributed by atoms with Gasteiger partial charge in [-0.15, -0.1) is 6.42 Å². The number of fused-ring (bicyclic) bond motifs is 1. The standard InChI is InChI=1S/C22H32/c1-7-9-10-11-17(8-2)18-12-13-19-20(16-18)22(5,6)15-14-21(19,3)4/h2,12-13,16-17H,7,9-11,14-15H2,1,3-6H3/t17-/m1/s1. The Morgan fingerprint density at radius 3 is 2.27 bits per heavy atom. The maximum atomic E-state index is 5.83. The summed E-state index contributed by atoms with van der Waals surface area (Å²) in [6.07, 6.45) is 13.2. The van der Waals surface area contributed by atoms with E-state index in [1.165, 1.54) is 48.8 Å². The van der Waals surface area contributed by atoms with Crippen molar-refractivity contribution in [3.8, 4) is 12.3 Å². The topological polar surface area (TPSA) is 0 Å². The normalized spacial score (nSPS) is 20.0. The van der Waals surface area contributed by atoms with Crippen LogP contribution in [0.15, 0.2) is 18.2 Å². The molecule has 0 aliphatic heterocycles. The van der Waals surface area contributed by atoms with Crippen molar-refractivity contribution in [3.63, 3.8) is 0 Å². The lowest BCUT2D eigenvalue weighted by molar-refractivity contribution is 0.331. The first kappa shape index (κ1) is 17.1. The van der Waals surface area contributed by atoms with Crippen molar-refractivity contribution in [1.82, 2.24) is 0 Å². The summed E-state index contributed by atoms with van der Waals surface area (Å²) in [7, 11) is 0. The third-order valence-corrected chi connectivity index (χ3v) is 5.58. The predicted octanol–water partition coefficient (Wildman–Crippen LogP) is 6.33. The molecule has 1 aliphatic carbocycles. The van der Waals surface area contributed by atoms with E-state index < -0.39 is 0 Å². The molecule has 0 heterocycles. The van der Waals surface area contributed by atoms with Gasteiger partial charge in [0.25, 0.3) is 0 Å². The second-order valence-electron chi connectivity index (χ2n) is 8.29. The van der Waals surface area contributed by atoms with Crippen LogP contribution in [0.5, 0.6) is 0 Å². The molecule has 1 atom stereocenters. The second-order valence-corrected chi connectivity index (χ2v) is 8.29. The Hall–Kier alpha value is -1.22. The molecular weight excluding hydrogens is 264 g/mol. The van der Waals surface area contributed by atoms with Gasteiger partial charge in [-0.05, 0) is 46.8 Å². The second kappa shape index (κ2) is 6.49. The number of hydrogen-bond acceptors (Lipinski definition) is 0. The quantitative estimate of drug-likeness (QED) is 0.440. The highest BCUT2D eigenvalue weighted by molar-refractivity contribution is 5.45. The number of terminal acetylenes is 1. The van der Waals surface area contributed by atoms with Crippen molar-refractivity contribution >= 4 is 0 Å². The largest absolute Gasteiger partial charge is 0.119 e. The maximum absolute atomic E-state index is 5.83. The highest BCUT2D eigenvalue weighted by Crippen LogP contribution is 2.46. The van der Waals surface area contributed by atoms with Gasteiger partial charge in [0.1, 0.15) is 0 Å². The van der Waals surface area contributed by atoms with E-state index in [1.54, 1.807) is 0 Å². The van der Waals surface area contributed by atoms with E-state index in [2.05, 4.69) is 58.7 Å². The first-order chi connectivity index (χ1) is 10.3. The van der Waals surface area contributed by atoms with Crippen LogP contribution in [0.3, 0.4) is 0 Å². The van der Waals surface area contributed by atoms with E-state index >= 15 is 0 Å². The van der Waals surface area contributed by atoms with Crippen molar-refractivity contribution in [3.05, 3.63) is 34.9 Å². The molecule has 0 saturated carbocycles. The molecule has 0 aromatic heterocycles. The first-order valence-corrected chi connectivity index (χ1v) is 8.93. The van der Waals surface area contributed by atoms with Crippen molar-refractivity contribution in [2.45, 2.75) is 89.9 Å². The summed E-state index contributed by atoms with van der Waals surface area (Å²) >= 11 is 0. The summed E-state index contributed by atoms with van der Waals surface area (Å²) in [5.74, 6) is 3.31. The zero-order chi connectivity index (χ0) is 16.4. The van der Waals surface area contributed by atoms with Gasteiger partial charge in [-0.25, -0.2) is 0 Å². The van der Waals surface area contributed by atoms with Gasteiger partial charge < -0.3 is 0 Å². The molecule has 0 bridgehead atoms. The molecule has 0 spiro atoms. The Morgan fingerprint density at radius 1 is 1.05 bits per heavy atom. The molecule has 22 heavy (non-hydrogen) atoms. The molecule has 120 valence electrons. The average molecular weight is 296 g/mol. The summed E-state index contributed by atoms with van der Waals surface area (Å²) in [6.45, 7) is 11.8. The van der Waals surface area contributed by atoms with Crippen molar-refractivity contribution in [1.29, 1.82) is 0 Å².